The van der Waals surface area contributed by atoms with Gasteiger partial charge in [0.1, 0.15) is 5.75 Å². The van der Waals surface area contributed by atoms with E-state index in [1.165, 1.54) is 12.3 Å². The van der Waals surface area contributed by atoms with Crippen LogP contribution in [-0.4, -0.2) is 11.0 Å². The van der Waals surface area contributed by atoms with E-state index in [-0.39, 0.29) is 18.2 Å². The van der Waals surface area contributed by atoms with Crippen LogP contribution in [-0.2, 0) is 11.3 Å². The summed E-state index contributed by atoms with van der Waals surface area (Å²) >= 11 is 6.04. The molecule has 0 bridgehead atoms. The maximum absolute atomic E-state index is 12.3. The molecule has 0 radical (unpaired) electrons. The van der Waals surface area contributed by atoms with Crippen LogP contribution in [0.25, 0.3) is 0 Å². The summed E-state index contributed by atoms with van der Waals surface area (Å²) in [7, 11) is 0. The number of hydrogen-bond acceptors (Lipinski definition) is 3. The van der Waals surface area contributed by atoms with Crippen molar-refractivity contribution in [3.05, 3.63) is 78.1 Å². The third-order valence-corrected chi connectivity index (χ3v) is 3.59. The SMILES string of the molecule is O=C(C[n+]1cccc(O)c1)Nc1cc(Cl)ccc1Oc1ccccc1. The first kappa shape index (κ1) is 16.8. The molecule has 1 amide bonds. The van der Waals surface area contributed by atoms with Crippen molar-refractivity contribution in [2.24, 2.45) is 0 Å². The van der Waals surface area contributed by atoms with Gasteiger partial charge in [0.2, 0.25) is 12.7 Å². The molecule has 3 aromatic rings. The van der Waals surface area contributed by atoms with E-state index in [0.717, 1.165) is 0 Å². The summed E-state index contributed by atoms with van der Waals surface area (Å²) in [6, 6.07) is 17.5. The number of para-hydroxylation sites is 1. The number of carbonyl (C=O) groups excluding carboxylic acids is 1. The summed E-state index contributed by atoms with van der Waals surface area (Å²) in [5.74, 6) is 0.967. The van der Waals surface area contributed by atoms with Crippen LogP contribution < -0.4 is 14.6 Å². The average Bonchev–Trinajstić information content (AvgIpc) is 2.58. The molecule has 0 saturated carbocycles. The number of anilines is 1. The normalized spacial score (nSPS) is 10.3. The molecule has 2 N–H and O–H groups in total. The number of aromatic hydroxyl groups is 1. The van der Waals surface area contributed by atoms with Crippen molar-refractivity contribution >= 4 is 23.2 Å². The molecule has 0 aliphatic carbocycles. The molecule has 25 heavy (non-hydrogen) atoms. The monoisotopic (exact) mass is 355 g/mol. The highest BCUT2D eigenvalue weighted by Crippen LogP contribution is 2.31. The number of pyridine rings is 1. The number of nitrogens with zero attached hydrogens (tertiary/aromatic N) is 1. The lowest BCUT2D eigenvalue weighted by atomic mass is 10.2. The second kappa shape index (κ2) is 7.68. The summed E-state index contributed by atoms with van der Waals surface area (Å²) in [5, 5.41) is 12.7. The van der Waals surface area contributed by atoms with Crippen LogP contribution in [0.3, 0.4) is 0 Å². The molecular formula is C19H16ClN2O3+. The molecule has 0 aliphatic heterocycles. The van der Waals surface area contributed by atoms with Crippen molar-refractivity contribution in [1.82, 2.24) is 0 Å². The first-order valence-electron chi connectivity index (χ1n) is 7.60. The highest BCUT2D eigenvalue weighted by molar-refractivity contribution is 6.31. The first-order valence-corrected chi connectivity index (χ1v) is 7.98. The van der Waals surface area contributed by atoms with Crippen LogP contribution in [0.1, 0.15) is 0 Å². The molecule has 5 nitrogen and oxygen atoms in total. The lowest BCUT2D eigenvalue weighted by Crippen LogP contribution is -2.39. The summed E-state index contributed by atoms with van der Waals surface area (Å²) in [4.78, 5) is 12.3. The largest absolute Gasteiger partial charge is 0.503 e. The molecule has 0 spiro atoms. The maximum Gasteiger partial charge on any atom is 0.290 e. The van der Waals surface area contributed by atoms with Gasteiger partial charge in [-0.1, -0.05) is 29.8 Å². The van der Waals surface area contributed by atoms with Crippen molar-refractivity contribution in [1.29, 1.82) is 0 Å². The van der Waals surface area contributed by atoms with Gasteiger partial charge in [0.25, 0.3) is 5.91 Å². The summed E-state index contributed by atoms with van der Waals surface area (Å²) in [5.41, 5.74) is 0.474. The second-order valence-electron chi connectivity index (χ2n) is 5.34. The highest BCUT2D eigenvalue weighted by Gasteiger charge is 2.14. The molecular weight excluding hydrogens is 340 g/mol. The van der Waals surface area contributed by atoms with E-state index in [4.69, 9.17) is 16.3 Å². The number of aromatic nitrogens is 1. The van der Waals surface area contributed by atoms with E-state index < -0.39 is 0 Å². The van der Waals surface area contributed by atoms with E-state index in [2.05, 4.69) is 5.32 Å². The molecule has 126 valence electrons. The number of benzene rings is 2. The van der Waals surface area contributed by atoms with Crippen LogP contribution in [0.2, 0.25) is 5.02 Å². The van der Waals surface area contributed by atoms with Crippen molar-refractivity contribution in [2.45, 2.75) is 6.54 Å². The van der Waals surface area contributed by atoms with Gasteiger partial charge in [0.05, 0.1) is 5.69 Å². The molecule has 2 aromatic carbocycles. The van der Waals surface area contributed by atoms with E-state index in [9.17, 15) is 9.90 Å². The van der Waals surface area contributed by atoms with Crippen molar-refractivity contribution in [3.8, 4) is 17.2 Å². The minimum absolute atomic E-state index is 0.0473. The van der Waals surface area contributed by atoms with Crippen molar-refractivity contribution < 1.29 is 19.2 Å². The number of rotatable bonds is 5. The Hall–Kier alpha value is -3.05. The summed E-state index contributed by atoms with van der Waals surface area (Å²) < 4.78 is 7.39. The fourth-order valence-corrected chi connectivity index (χ4v) is 2.44. The third-order valence-electron chi connectivity index (χ3n) is 3.36. The minimum atomic E-state index is -0.268. The lowest BCUT2D eigenvalue weighted by Gasteiger charge is -2.12. The molecule has 0 aliphatic rings. The topological polar surface area (TPSA) is 62.4 Å². The van der Waals surface area contributed by atoms with Crippen molar-refractivity contribution in [2.75, 3.05) is 5.32 Å². The number of ether oxygens (including phenoxy) is 1. The molecule has 3 rings (SSSR count). The van der Waals surface area contributed by atoms with Gasteiger partial charge >= 0.3 is 0 Å². The van der Waals surface area contributed by atoms with Gasteiger partial charge in [0, 0.05) is 11.1 Å². The molecule has 6 heteroatoms. The predicted molar refractivity (Wildman–Crippen MR) is 94.9 cm³/mol. The van der Waals surface area contributed by atoms with Gasteiger partial charge < -0.3 is 15.2 Å². The van der Waals surface area contributed by atoms with E-state index in [0.29, 0.717) is 22.2 Å². The number of carbonyl (C=O) groups is 1. The van der Waals surface area contributed by atoms with Gasteiger partial charge in [-0.25, -0.2) is 0 Å². The van der Waals surface area contributed by atoms with Gasteiger partial charge in [0.15, 0.2) is 17.7 Å². The Morgan fingerprint density at radius 2 is 1.92 bits per heavy atom. The predicted octanol–water partition coefficient (Wildman–Crippen LogP) is 3.76. The Bertz CT molecular complexity index is 885. The number of hydrogen-bond donors (Lipinski definition) is 2. The fraction of sp³-hybridized carbons (Fsp3) is 0.0526. The number of halogens is 1. The van der Waals surface area contributed by atoms with Gasteiger partial charge in [-0.2, -0.15) is 4.57 Å². The Morgan fingerprint density at radius 3 is 2.68 bits per heavy atom. The maximum atomic E-state index is 12.3. The van der Waals surface area contributed by atoms with Crippen LogP contribution in [0, 0.1) is 0 Å². The first-order chi connectivity index (χ1) is 12.1. The lowest BCUT2D eigenvalue weighted by molar-refractivity contribution is -0.684. The summed E-state index contributed by atoms with van der Waals surface area (Å²) in [6.07, 6.45) is 3.16. The molecule has 0 unspecified atom stereocenters. The smallest absolute Gasteiger partial charge is 0.290 e. The Balaban J connectivity index is 1.76. The second-order valence-corrected chi connectivity index (χ2v) is 5.77. The van der Waals surface area contributed by atoms with Crippen LogP contribution in [0.4, 0.5) is 5.69 Å². The van der Waals surface area contributed by atoms with Gasteiger partial charge in [-0.05, 0) is 36.4 Å². The van der Waals surface area contributed by atoms with Crippen LogP contribution in [0.15, 0.2) is 73.1 Å². The zero-order chi connectivity index (χ0) is 17.6. The van der Waals surface area contributed by atoms with E-state index in [1.807, 2.05) is 30.3 Å². The highest BCUT2D eigenvalue weighted by atomic mass is 35.5. The standard InChI is InChI=1S/C19H15ClN2O3/c20-14-8-9-18(25-16-6-2-1-3-7-16)17(11-14)21-19(24)13-22-10-4-5-15(23)12-22/h1-12H,13H2,(H-,21,23,24)/p+1. The molecule has 1 heterocycles. The van der Waals surface area contributed by atoms with Crippen molar-refractivity contribution in [3.63, 3.8) is 0 Å². The zero-order valence-corrected chi connectivity index (χ0v) is 14.0. The Morgan fingerprint density at radius 1 is 1.12 bits per heavy atom. The number of nitrogens with one attached hydrogen (secondary N) is 1. The Labute approximate surface area is 150 Å². The zero-order valence-electron chi connectivity index (χ0n) is 13.2. The average molecular weight is 356 g/mol. The Kier molecular flexibility index (Phi) is 5.16. The van der Waals surface area contributed by atoms with Crippen LogP contribution in [0.5, 0.6) is 17.2 Å². The minimum Gasteiger partial charge on any atom is -0.503 e. The fourth-order valence-electron chi connectivity index (χ4n) is 2.27. The quantitative estimate of drug-likeness (QED) is 0.685. The van der Waals surface area contributed by atoms with E-state index in [1.54, 1.807) is 35.0 Å². The molecule has 0 fully saturated rings. The van der Waals surface area contributed by atoms with Crippen LogP contribution >= 0.6 is 11.6 Å². The molecule has 1 aromatic heterocycles. The third kappa shape index (κ3) is 4.71. The number of amides is 1. The summed E-state index contributed by atoms with van der Waals surface area (Å²) in [6.45, 7) is 0.0473. The van der Waals surface area contributed by atoms with Gasteiger partial charge in [-0.15, -0.1) is 0 Å². The molecule has 0 saturated heterocycles. The molecule has 0 atom stereocenters. The van der Waals surface area contributed by atoms with E-state index >= 15 is 0 Å². The van der Waals surface area contributed by atoms with Gasteiger partial charge in [-0.3, -0.25) is 4.79 Å².